The molecule has 1 amide bonds. The SMILES string of the molecule is COc1cc(NCc2cc(Cl)cc(Cl)c2OC)ccc1NC(=O)C(C)C.Cl. The molecule has 0 heterocycles. The van der Waals surface area contributed by atoms with Crippen LogP contribution in [0, 0.1) is 5.92 Å². The Bertz CT molecular complexity index is 798. The lowest BCUT2D eigenvalue weighted by atomic mass is 10.1. The molecule has 0 unspecified atom stereocenters. The average Bonchev–Trinajstić information content (AvgIpc) is 2.60. The van der Waals surface area contributed by atoms with E-state index in [4.69, 9.17) is 32.7 Å². The van der Waals surface area contributed by atoms with Crippen molar-refractivity contribution in [2.45, 2.75) is 20.4 Å². The molecule has 2 N–H and O–H groups in total. The molecule has 148 valence electrons. The molecule has 0 aliphatic carbocycles. The van der Waals surface area contributed by atoms with E-state index in [9.17, 15) is 4.79 Å². The van der Waals surface area contributed by atoms with Gasteiger partial charge in [0.15, 0.2) is 0 Å². The van der Waals surface area contributed by atoms with Crippen LogP contribution in [-0.2, 0) is 11.3 Å². The van der Waals surface area contributed by atoms with Crippen molar-refractivity contribution in [1.29, 1.82) is 0 Å². The third-order valence-corrected chi connectivity index (χ3v) is 4.26. The number of nitrogens with one attached hydrogen (secondary N) is 2. The summed E-state index contributed by atoms with van der Waals surface area (Å²) in [4.78, 5) is 11.9. The standard InChI is InChI=1S/C19H22Cl2N2O3.ClH/c1-11(2)19(24)23-16-6-5-14(9-17(16)25-3)22-10-12-7-13(20)8-15(21)18(12)26-4;/h5-9,11,22H,10H2,1-4H3,(H,23,24);1H. The smallest absolute Gasteiger partial charge is 0.227 e. The molecule has 0 aliphatic heterocycles. The molecule has 27 heavy (non-hydrogen) atoms. The molecule has 2 aromatic carbocycles. The van der Waals surface area contributed by atoms with Gasteiger partial charge in [0, 0.05) is 34.8 Å². The normalized spacial score (nSPS) is 10.2. The van der Waals surface area contributed by atoms with E-state index in [2.05, 4.69) is 10.6 Å². The molecule has 0 aromatic heterocycles. The van der Waals surface area contributed by atoms with E-state index in [0.717, 1.165) is 11.3 Å². The summed E-state index contributed by atoms with van der Waals surface area (Å²) in [7, 11) is 3.12. The Kier molecular flexibility index (Phi) is 9.03. The van der Waals surface area contributed by atoms with Gasteiger partial charge in [-0.05, 0) is 24.3 Å². The minimum Gasteiger partial charge on any atom is -0.495 e. The van der Waals surface area contributed by atoms with Crippen molar-refractivity contribution in [2.75, 3.05) is 24.9 Å². The Morgan fingerprint density at radius 3 is 2.41 bits per heavy atom. The minimum atomic E-state index is -0.113. The zero-order valence-corrected chi connectivity index (χ0v) is 17.9. The van der Waals surface area contributed by atoms with Crippen molar-refractivity contribution in [3.8, 4) is 11.5 Å². The molecule has 0 aliphatic rings. The van der Waals surface area contributed by atoms with Crippen LogP contribution >= 0.6 is 35.6 Å². The van der Waals surface area contributed by atoms with Crippen molar-refractivity contribution >= 4 is 52.9 Å². The van der Waals surface area contributed by atoms with Crippen LogP contribution in [0.4, 0.5) is 11.4 Å². The van der Waals surface area contributed by atoms with E-state index in [1.165, 1.54) is 0 Å². The van der Waals surface area contributed by atoms with Gasteiger partial charge < -0.3 is 20.1 Å². The van der Waals surface area contributed by atoms with Crippen molar-refractivity contribution in [1.82, 2.24) is 0 Å². The van der Waals surface area contributed by atoms with Gasteiger partial charge >= 0.3 is 0 Å². The highest BCUT2D eigenvalue weighted by molar-refractivity contribution is 6.35. The second-order valence-electron chi connectivity index (χ2n) is 5.99. The molecule has 0 fully saturated rings. The van der Waals surface area contributed by atoms with Crippen LogP contribution in [0.3, 0.4) is 0 Å². The number of anilines is 2. The Hall–Kier alpha value is -1.82. The van der Waals surface area contributed by atoms with Crippen LogP contribution in [0.5, 0.6) is 11.5 Å². The third kappa shape index (κ3) is 6.09. The highest BCUT2D eigenvalue weighted by Gasteiger charge is 2.13. The van der Waals surface area contributed by atoms with Crippen LogP contribution in [-0.4, -0.2) is 20.1 Å². The number of carbonyl (C=O) groups excluding carboxylic acids is 1. The highest BCUT2D eigenvalue weighted by atomic mass is 35.5. The molecular weight excluding hydrogens is 411 g/mol. The largest absolute Gasteiger partial charge is 0.495 e. The van der Waals surface area contributed by atoms with Crippen LogP contribution in [0.2, 0.25) is 10.0 Å². The lowest BCUT2D eigenvalue weighted by Gasteiger charge is -2.15. The molecule has 8 heteroatoms. The summed E-state index contributed by atoms with van der Waals surface area (Å²) in [5.74, 6) is 0.969. The first-order valence-electron chi connectivity index (χ1n) is 8.10. The maximum Gasteiger partial charge on any atom is 0.227 e. The second kappa shape index (κ2) is 10.5. The van der Waals surface area contributed by atoms with Gasteiger partial charge in [0.05, 0.1) is 24.9 Å². The Morgan fingerprint density at radius 2 is 1.81 bits per heavy atom. The van der Waals surface area contributed by atoms with Gasteiger partial charge in [-0.2, -0.15) is 0 Å². The van der Waals surface area contributed by atoms with Gasteiger partial charge in [0.2, 0.25) is 5.91 Å². The van der Waals surface area contributed by atoms with Gasteiger partial charge in [-0.25, -0.2) is 0 Å². The number of carbonyl (C=O) groups is 1. The van der Waals surface area contributed by atoms with Crippen molar-refractivity contribution in [3.05, 3.63) is 45.9 Å². The predicted molar refractivity (Wildman–Crippen MR) is 114 cm³/mol. The zero-order chi connectivity index (χ0) is 19.3. The van der Waals surface area contributed by atoms with Crippen LogP contribution in [0.15, 0.2) is 30.3 Å². The topological polar surface area (TPSA) is 59.6 Å². The summed E-state index contributed by atoms with van der Waals surface area (Å²) < 4.78 is 10.7. The third-order valence-electron chi connectivity index (χ3n) is 3.76. The Balaban J connectivity index is 0.00000364. The fourth-order valence-corrected chi connectivity index (χ4v) is 2.97. The molecule has 2 rings (SSSR count). The quantitative estimate of drug-likeness (QED) is 0.593. The summed E-state index contributed by atoms with van der Waals surface area (Å²) in [6.07, 6.45) is 0. The fourth-order valence-electron chi connectivity index (χ4n) is 2.35. The number of ether oxygens (including phenoxy) is 2. The van der Waals surface area contributed by atoms with Crippen molar-refractivity contribution < 1.29 is 14.3 Å². The first kappa shape index (κ1) is 23.2. The number of halogens is 3. The Morgan fingerprint density at radius 1 is 1.11 bits per heavy atom. The molecule has 0 radical (unpaired) electrons. The molecular formula is C19H23Cl3N2O3. The minimum absolute atomic E-state index is 0. The van der Waals surface area contributed by atoms with Gasteiger partial charge in [0.25, 0.3) is 0 Å². The fraction of sp³-hybridized carbons (Fsp3) is 0.316. The summed E-state index contributed by atoms with van der Waals surface area (Å²) in [5, 5.41) is 7.12. The zero-order valence-electron chi connectivity index (χ0n) is 15.6. The second-order valence-corrected chi connectivity index (χ2v) is 6.84. The monoisotopic (exact) mass is 432 g/mol. The summed E-state index contributed by atoms with van der Waals surface area (Å²) in [6, 6.07) is 8.91. The van der Waals surface area contributed by atoms with E-state index < -0.39 is 0 Å². The van der Waals surface area contributed by atoms with E-state index in [-0.39, 0.29) is 24.2 Å². The van der Waals surface area contributed by atoms with E-state index in [1.807, 2.05) is 26.0 Å². The number of hydrogen-bond acceptors (Lipinski definition) is 4. The molecule has 0 saturated heterocycles. The van der Waals surface area contributed by atoms with E-state index in [1.54, 1.807) is 32.4 Å². The number of hydrogen-bond donors (Lipinski definition) is 2. The molecule has 2 aromatic rings. The number of benzene rings is 2. The van der Waals surface area contributed by atoms with Crippen molar-refractivity contribution in [3.63, 3.8) is 0 Å². The van der Waals surface area contributed by atoms with Gasteiger partial charge in [0.1, 0.15) is 11.5 Å². The molecule has 5 nitrogen and oxygen atoms in total. The molecule has 0 saturated carbocycles. The summed E-state index contributed by atoms with van der Waals surface area (Å²) in [5.41, 5.74) is 2.28. The predicted octanol–water partition coefficient (Wildman–Crippen LogP) is 5.64. The van der Waals surface area contributed by atoms with Gasteiger partial charge in [-0.15, -0.1) is 12.4 Å². The highest BCUT2D eigenvalue weighted by Crippen LogP contribution is 2.33. The first-order chi connectivity index (χ1) is 12.3. The first-order valence-corrected chi connectivity index (χ1v) is 8.86. The maximum atomic E-state index is 11.9. The molecule has 0 spiro atoms. The summed E-state index contributed by atoms with van der Waals surface area (Å²) >= 11 is 12.2. The van der Waals surface area contributed by atoms with E-state index in [0.29, 0.717) is 33.8 Å². The summed E-state index contributed by atoms with van der Waals surface area (Å²) in [6.45, 7) is 4.13. The number of amides is 1. The lowest BCUT2D eigenvalue weighted by Crippen LogP contribution is -2.18. The van der Waals surface area contributed by atoms with Gasteiger partial charge in [-0.3, -0.25) is 4.79 Å². The van der Waals surface area contributed by atoms with Crippen molar-refractivity contribution in [2.24, 2.45) is 5.92 Å². The molecule has 0 atom stereocenters. The van der Waals surface area contributed by atoms with E-state index >= 15 is 0 Å². The maximum absolute atomic E-state index is 11.9. The molecule has 0 bridgehead atoms. The lowest BCUT2D eigenvalue weighted by molar-refractivity contribution is -0.118. The van der Waals surface area contributed by atoms with Crippen LogP contribution < -0.4 is 20.1 Å². The van der Waals surface area contributed by atoms with Gasteiger partial charge in [-0.1, -0.05) is 37.0 Å². The average molecular weight is 434 g/mol. The van der Waals surface area contributed by atoms with Crippen LogP contribution in [0.1, 0.15) is 19.4 Å². The van der Waals surface area contributed by atoms with Crippen LogP contribution in [0.25, 0.3) is 0 Å². The number of methoxy groups -OCH3 is 2. The Labute approximate surface area is 175 Å². The number of rotatable bonds is 7.